The monoisotopic (exact) mass is 469 g/mol. The van der Waals surface area contributed by atoms with Gasteiger partial charge in [-0.25, -0.2) is 4.79 Å². The molecule has 33 heavy (non-hydrogen) atoms. The molecule has 2 heterocycles. The van der Waals surface area contributed by atoms with E-state index in [1.807, 2.05) is 51.1 Å². The third kappa shape index (κ3) is 5.40. The quantitative estimate of drug-likeness (QED) is 0.357. The topological polar surface area (TPSA) is 69.0 Å². The third-order valence-electron chi connectivity index (χ3n) is 5.76. The van der Waals surface area contributed by atoms with Crippen molar-refractivity contribution in [2.45, 2.75) is 52.7 Å². The Balaban J connectivity index is 1.63. The van der Waals surface area contributed by atoms with Gasteiger partial charge in [-0.15, -0.1) is 0 Å². The number of hydrogen-bond donors (Lipinski definition) is 0. The molecule has 0 N–H and O–H groups in total. The zero-order chi connectivity index (χ0) is 23.5. The summed E-state index contributed by atoms with van der Waals surface area (Å²) in [6.45, 7) is 7.28. The summed E-state index contributed by atoms with van der Waals surface area (Å²) in [5, 5.41) is 1.61. The molecule has 0 unspecified atom stereocenters. The van der Waals surface area contributed by atoms with Crippen molar-refractivity contribution in [1.82, 2.24) is 4.90 Å². The van der Waals surface area contributed by atoms with E-state index in [2.05, 4.69) is 4.90 Å². The summed E-state index contributed by atoms with van der Waals surface area (Å²) in [4.78, 5) is 26.4. The predicted molar refractivity (Wildman–Crippen MR) is 128 cm³/mol. The van der Waals surface area contributed by atoms with Gasteiger partial charge in [0.1, 0.15) is 18.1 Å². The van der Waals surface area contributed by atoms with Gasteiger partial charge in [-0.3, -0.25) is 9.69 Å². The molecule has 4 rings (SSSR count). The molecule has 0 radical (unpaired) electrons. The highest BCUT2D eigenvalue weighted by Crippen LogP contribution is 2.37. The van der Waals surface area contributed by atoms with Gasteiger partial charge in [0.15, 0.2) is 0 Å². The predicted octanol–water partition coefficient (Wildman–Crippen LogP) is 5.03. The van der Waals surface area contributed by atoms with Crippen LogP contribution in [0.5, 0.6) is 5.75 Å². The van der Waals surface area contributed by atoms with Gasteiger partial charge in [0.25, 0.3) is 0 Å². The van der Waals surface area contributed by atoms with E-state index in [1.165, 1.54) is 6.07 Å². The van der Waals surface area contributed by atoms with Crippen molar-refractivity contribution in [3.05, 3.63) is 74.1 Å². The second-order valence-electron chi connectivity index (χ2n) is 8.67. The fraction of sp³-hybridized carbons (Fsp3) is 0.385. The van der Waals surface area contributed by atoms with E-state index >= 15 is 0 Å². The van der Waals surface area contributed by atoms with Crippen LogP contribution in [0.25, 0.3) is 11.0 Å². The Morgan fingerprint density at radius 1 is 1.18 bits per heavy atom. The first kappa shape index (κ1) is 23.3. The van der Waals surface area contributed by atoms with Crippen LogP contribution in [0, 0.1) is 6.92 Å². The molecule has 2 aromatic carbocycles. The lowest BCUT2D eigenvalue weighted by molar-refractivity contribution is -0.147. The van der Waals surface area contributed by atoms with E-state index in [0.717, 1.165) is 45.6 Å². The first-order valence-corrected chi connectivity index (χ1v) is 11.6. The molecule has 0 atom stereocenters. The van der Waals surface area contributed by atoms with E-state index in [-0.39, 0.29) is 24.1 Å². The molecule has 0 fully saturated rings. The van der Waals surface area contributed by atoms with Crippen molar-refractivity contribution >= 4 is 28.5 Å². The molecule has 6 nitrogen and oxygen atoms in total. The van der Waals surface area contributed by atoms with Crippen LogP contribution in [0.3, 0.4) is 0 Å². The number of hydrogen-bond acceptors (Lipinski definition) is 6. The van der Waals surface area contributed by atoms with Crippen molar-refractivity contribution in [1.29, 1.82) is 0 Å². The van der Waals surface area contributed by atoms with E-state index < -0.39 is 0 Å². The van der Waals surface area contributed by atoms with Crippen molar-refractivity contribution < 1.29 is 18.7 Å². The highest BCUT2D eigenvalue weighted by atomic mass is 35.5. The van der Waals surface area contributed by atoms with Gasteiger partial charge in [0.2, 0.25) is 0 Å². The molecule has 7 heteroatoms. The van der Waals surface area contributed by atoms with Gasteiger partial charge in [-0.05, 0) is 62.4 Å². The number of aryl methyl sites for hydroxylation is 2. The minimum atomic E-state index is -0.386. The summed E-state index contributed by atoms with van der Waals surface area (Å²) in [5.74, 6) is 0.454. The van der Waals surface area contributed by atoms with Crippen LogP contribution in [0.1, 0.15) is 42.5 Å². The lowest BCUT2D eigenvalue weighted by atomic mass is 9.97. The van der Waals surface area contributed by atoms with Crippen molar-refractivity contribution in [3.8, 4) is 5.75 Å². The van der Waals surface area contributed by atoms with Crippen LogP contribution in [0.4, 0.5) is 0 Å². The van der Waals surface area contributed by atoms with Crippen LogP contribution in [-0.2, 0) is 28.9 Å². The van der Waals surface area contributed by atoms with Crippen molar-refractivity contribution in [3.63, 3.8) is 0 Å². The summed E-state index contributed by atoms with van der Waals surface area (Å²) in [6.07, 6.45) is 1.37. The highest BCUT2D eigenvalue weighted by Gasteiger charge is 2.25. The summed E-state index contributed by atoms with van der Waals surface area (Å²) in [7, 11) is 0. The minimum Gasteiger partial charge on any atom is -0.477 e. The Hall–Kier alpha value is -2.83. The van der Waals surface area contributed by atoms with Gasteiger partial charge in [-0.2, -0.15) is 0 Å². The number of benzene rings is 2. The summed E-state index contributed by atoms with van der Waals surface area (Å²) >= 11 is 6.31. The van der Waals surface area contributed by atoms with Gasteiger partial charge in [0, 0.05) is 36.0 Å². The third-order valence-corrected chi connectivity index (χ3v) is 6.13. The van der Waals surface area contributed by atoms with Crippen LogP contribution in [0.15, 0.2) is 45.6 Å². The average molecular weight is 470 g/mol. The highest BCUT2D eigenvalue weighted by molar-refractivity contribution is 6.31. The molecule has 0 amide bonds. The summed E-state index contributed by atoms with van der Waals surface area (Å²) in [5.41, 5.74) is 3.83. The number of halogens is 1. The van der Waals surface area contributed by atoms with Crippen LogP contribution in [0.2, 0.25) is 5.02 Å². The number of carbonyl (C=O) groups is 1. The molecular formula is C26H28ClNO5. The van der Waals surface area contributed by atoms with E-state index in [4.69, 9.17) is 25.5 Å². The van der Waals surface area contributed by atoms with Gasteiger partial charge in [-0.1, -0.05) is 29.8 Å². The minimum absolute atomic E-state index is 0.150. The Morgan fingerprint density at radius 2 is 1.97 bits per heavy atom. The molecule has 1 aliphatic rings. The van der Waals surface area contributed by atoms with E-state index in [0.29, 0.717) is 31.0 Å². The first-order valence-electron chi connectivity index (χ1n) is 11.2. The van der Waals surface area contributed by atoms with Gasteiger partial charge < -0.3 is 13.9 Å². The fourth-order valence-corrected chi connectivity index (χ4v) is 4.41. The lowest BCUT2D eigenvalue weighted by Crippen LogP contribution is -2.34. The second kappa shape index (κ2) is 9.98. The van der Waals surface area contributed by atoms with Crippen LogP contribution >= 0.6 is 11.6 Å². The number of fused-ring (bicyclic) bond motifs is 3. The molecule has 0 spiro atoms. The Bertz CT molecular complexity index is 1230. The maximum absolute atomic E-state index is 12.1. The van der Waals surface area contributed by atoms with E-state index in [9.17, 15) is 9.59 Å². The Kier molecular flexibility index (Phi) is 7.05. The molecular weight excluding hydrogens is 442 g/mol. The van der Waals surface area contributed by atoms with Crippen LogP contribution in [-0.4, -0.2) is 30.2 Å². The standard InChI is InChI=1S/C26H28ClNO5/c1-16(2)32-23(29)9-8-19-13-20-17(3)12-24(30)33-26(20)21-14-28(15-31-25(19)21)11-10-18-6-4-5-7-22(18)27/h4-7,12-13,16H,8-11,14-15H2,1-3H3. The zero-order valence-corrected chi connectivity index (χ0v) is 19.9. The normalized spacial score (nSPS) is 13.7. The smallest absolute Gasteiger partial charge is 0.336 e. The summed E-state index contributed by atoms with van der Waals surface area (Å²) in [6, 6.07) is 11.3. The maximum atomic E-state index is 12.1. The first-order chi connectivity index (χ1) is 15.8. The molecule has 0 saturated carbocycles. The molecule has 1 aliphatic heterocycles. The summed E-state index contributed by atoms with van der Waals surface area (Å²) < 4.78 is 17.1. The maximum Gasteiger partial charge on any atom is 0.336 e. The molecule has 0 bridgehead atoms. The largest absolute Gasteiger partial charge is 0.477 e. The molecule has 0 aliphatic carbocycles. The number of rotatable bonds is 7. The SMILES string of the molecule is Cc1cc(=O)oc2c3c(c(CCC(=O)OC(C)C)cc12)OCN(CCc1ccccc1Cl)C3. The average Bonchev–Trinajstić information content (AvgIpc) is 2.76. The zero-order valence-electron chi connectivity index (χ0n) is 19.2. The molecule has 1 aromatic heterocycles. The van der Waals surface area contributed by atoms with E-state index in [1.54, 1.807) is 0 Å². The van der Waals surface area contributed by atoms with Crippen molar-refractivity contribution in [2.24, 2.45) is 0 Å². The van der Waals surface area contributed by atoms with Gasteiger partial charge in [0.05, 0.1) is 11.7 Å². The molecule has 3 aromatic rings. The number of nitrogens with zero attached hydrogens (tertiary/aromatic N) is 1. The Morgan fingerprint density at radius 3 is 2.73 bits per heavy atom. The number of carbonyl (C=O) groups excluding carboxylic acids is 1. The molecule has 174 valence electrons. The van der Waals surface area contributed by atoms with Crippen LogP contribution < -0.4 is 10.4 Å². The fourth-order valence-electron chi connectivity index (χ4n) is 4.17. The molecule has 0 saturated heterocycles. The lowest BCUT2D eigenvalue weighted by Gasteiger charge is -2.31. The van der Waals surface area contributed by atoms with Gasteiger partial charge >= 0.3 is 11.6 Å². The second-order valence-corrected chi connectivity index (χ2v) is 9.08. The number of esters is 1. The number of ether oxygens (including phenoxy) is 2. The van der Waals surface area contributed by atoms with Crippen molar-refractivity contribution in [2.75, 3.05) is 13.3 Å². The Labute approximate surface area is 198 Å².